The number of rotatable bonds is 7. The minimum atomic E-state index is -1.98. The molecule has 6 nitrogen and oxygen atoms in total. The number of nitrogens with zero attached hydrogens (tertiary/aromatic N) is 2. The predicted octanol–water partition coefficient (Wildman–Crippen LogP) is 3.00. The zero-order chi connectivity index (χ0) is 20.3. The van der Waals surface area contributed by atoms with E-state index < -0.39 is 19.2 Å². The summed E-state index contributed by atoms with van der Waals surface area (Å²) in [4.78, 5) is 21.1. The SMILES string of the molecule is CC(C)(C)[Si](C)(C)O[C@H]1CN[C@@](C(=O)C=CCO)(C(Cl)c2cncnc2)C1. The lowest BCUT2D eigenvalue weighted by Crippen LogP contribution is -2.50. The number of aliphatic hydroxyl groups excluding tert-OH is 1. The quantitative estimate of drug-likeness (QED) is 0.407. The van der Waals surface area contributed by atoms with Crippen LogP contribution in [0.25, 0.3) is 0 Å². The molecule has 2 rings (SSSR count). The Kier molecular flexibility index (Phi) is 6.97. The molecule has 27 heavy (non-hydrogen) atoms. The third kappa shape index (κ3) is 4.84. The normalized spacial score (nSPS) is 25.1. The van der Waals surface area contributed by atoms with Crippen LogP contribution < -0.4 is 5.32 Å². The van der Waals surface area contributed by atoms with Gasteiger partial charge in [0.25, 0.3) is 0 Å². The molecule has 1 aromatic heterocycles. The van der Waals surface area contributed by atoms with Gasteiger partial charge in [-0.25, -0.2) is 9.97 Å². The minimum absolute atomic E-state index is 0.0761. The third-order valence-electron chi connectivity index (χ3n) is 5.58. The van der Waals surface area contributed by atoms with E-state index in [1.807, 2.05) is 0 Å². The van der Waals surface area contributed by atoms with Gasteiger partial charge in [-0.1, -0.05) is 26.8 Å². The van der Waals surface area contributed by atoms with Gasteiger partial charge in [-0.3, -0.25) is 4.79 Å². The van der Waals surface area contributed by atoms with Gasteiger partial charge in [0, 0.05) is 30.9 Å². The van der Waals surface area contributed by atoms with E-state index >= 15 is 0 Å². The van der Waals surface area contributed by atoms with Crippen molar-refractivity contribution in [1.29, 1.82) is 0 Å². The number of hydrogen-bond donors (Lipinski definition) is 2. The Balaban J connectivity index is 2.30. The van der Waals surface area contributed by atoms with Crippen LogP contribution in [-0.2, 0) is 9.22 Å². The number of aliphatic hydroxyl groups is 1. The molecule has 0 aliphatic carbocycles. The van der Waals surface area contributed by atoms with E-state index in [-0.39, 0.29) is 23.5 Å². The minimum Gasteiger partial charge on any atom is -0.413 e. The molecule has 1 aromatic rings. The molecule has 0 spiro atoms. The monoisotopic (exact) mass is 411 g/mol. The van der Waals surface area contributed by atoms with Crippen LogP contribution >= 0.6 is 11.6 Å². The third-order valence-corrected chi connectivity index (χ3v) is 10.7. The van der Waals surface area contributed by atoms with E-state index in [0.717, 1.165) is 0 Å². The molecule has 0 radical (unpaired) electrons. The Morgan fingerprint density at radius 1 is 1.48 bits per heavy atom. The molecule has 1 unspecified atom stereocenters. The number of nitrogens with one attached hydrogen (secondary N) is 1. The van der Waals surface area contributed by atoms with E-state index in [1.54, 1.807) is 12.4 Å². The molecule has 1 fully saturated rings. The number of hydrogen-bond acceptors (Lipinski definition) is 6. The lowest BCUT2D eigenvalue weighted by atomic mass is 9.84. The maximum absolute atomic E-state index is 13.0. The van der Waals surface area contributed by atoms with Crippen molar-refractivity contribution in [2.75, 3.05) is 13.2 Å². The highest BCUT2D eigenvalue weighted by Crippen LogP contribution is 2.43. The first-order chi connectivity index (χ1) is 12.5. The standard InChI is InChI=1S/C19H30ClN3O3Si/c1-18(2,3)27(4,5)26-15-9-19(23-12-15,16(25)7-6-8-24)17(20)14-10-21-13-22-11-14/h6-7,10-11,13,15,17,23-24H,8-9,12H2,1-5H3/t15-,17?,19+/m1/s1. The van der Waals surface area contributed by atoms with Crippen molar-refractivity contribution < 1.29 is 14.3 Å². The second-order valence-electron chi connectivity index (χ2n) is 8.54. The predicted molar refractivity (Wildman–Crippen MR) is 109 cm³/mol. The fourth-order valence-electron chi connectivity index (χ4n) is 3.02. The van der Waals surface area contributed by atoms with Crippen molar-refractivity contribution in [1.82, 2.24) is 15.3 Å². The van der Waals surface area contributed by atoms with Crippen molar-refractivity contribution in [3.63, 3.8) is 0 Å². The molecule has 1 saturated heterocycles. The van der Waals surface area contributed by atoms with Crippen LogP contribution in [0.2, 0.25) is 18.1 Å². The van der Waals surface area contributed by atoms with E-state index in [9.17, 15) is 4.79 Å². The fraction of sp³-hybridized carbons (Fsp3) is 0.632. The number of alkyl halides is 1. The second kappa shape index (κ2) is 8.49. The summed E-state index contributed by atoms with van der Waals surface area (Å²) in [6.07, 6.45) is 7.84. The lowest BCUT2D eigenvalue weighted by molar-refractivity contribution is -0.120. The molecule has 2 heterocycles. The van der Waals surface area contributed by atoms with E-state index in [4.69, 9.17) is 21.1 Å². The number of carbonyl (C=O) groups is 1. The van der Waals surface area contributed by atoms with Crippen molar-refractivity contribution >= 4 is 25.7 Å². The summed E-state index contributed by atoms with van der Waals surface area (Å²) in [5, 5.41) is 11.8. The van der Waals surface area contributed by atoms with Crippen LogP contribution in [0.3, 0.4) is 0 Å². The Morgan fingerprint density at radius 2 is 2.11 bits per heavy atom. The highest BCUT2D eigenvalue weighted by Gasteiger charge is 2.52. The molecular formula is C19H30ClN3O3Si. The maximum Gasteiger partial charge on any atom is 0.192 e. The first kappa shape index (κ1) is 22.2. The van der Waals surface area contributed by atoms with Crippen LogP contribution in [-0.4, -0.2) is 54.0 Å². The summed E-state index contributed by atoms with van der Waals surface area (Å²) < 4.78 is 6.52. The summed E-state index contributed by atoms with van der Waals surface area (Å²) in [5.74, 6) is -0.179. The highest BCUT2D eigenvalue weighted by atomic mass is 35.5. The number of ketones is 1. The smallest absolute Gasteiger partial charge is 0.192 e. The first-order valence-electron chi connectivity index (χ1n) is 9.17. The number of aromatic nitrogens is 2. The second-order valence-corrected chi connectivity index (χ2v) is 13.7. The molecule has 2 N–H and O–H groups in total. The fourth-order valence-corrected chi connectivity index (χ4v) is 4.76. The summed E-state index contributed by atoms with van der Waals surface area (Å²) >= 11 is 6.77. The Morgan fingerprint density at radius 3 is 2.67 bits per heavy atom. The van der Waals surface area contributed by atoms with Crippen molar-refractivity contribution in [3.8, 4) is 0 Å². The van der Waals surface area contributed by atoms with E-state index in [1.165, 1.54) is 18.5 Å². The molecule has 1 aliphatic heterocycles. The zero-order valence-corrected chi connectivity index (χ0v) is 18.5. The molecule has 1 aliphatic rings. The van der Waals surface area contributed by atoms with Gasteiger partial charge in [0.05, 0.1) is 18.1 Å². The van der Waals surface area contributed by atoms with Gasteiger partial charge < -0.3 is 14.8 Å². The number of carbonyl (C=O) groups excluding carboxylic acids is 1. The van der Waals surface area contributed by atoms with Crippen molar-refractivity contribution in [2.24, 2.45) is 0 Å². The number of halogens is 1. The topological polar surface area (TPSA) is 84.3 Å². The van der Waals surface area contributed by atoms with Gasteiger partial charge in [-0.05, 0) is 24.2 Å². The Labute approximate surface area is 167 Å². The summed E-state index contributed by atoms with van der Waals surface area (Å²) in [7, 11) is -1.98. The maximum atomic E-state index is 13.0. The zero-order valence-electron chi connectivity index (χ0n) is 16.7. The molecule has 150 valence electrons. The van der Waals surface area contributed by atoms with Gasteiger partial charge in [0.15, 0.2) is 14.1 Å². The summed E-state index contributed by atoms with van der Waals surface area (Å²) in [6, 6.07) is 0. The van der Waals surface area contributed by atoms with Gasteiger partial charge >= 0.3 is 0 Å². The van der Waals surface area contributed by atoms with Crippen LogP contribution in [0.4, 0.5) is 0 Å². The molecule has 3 atom stereocenters. The van der Waals surface area contributed by atoms with Crippen LogP contribution in [0.5, 0.6) is 0 Å². The van der Waals surface area contributed by atoms with Crippen LogP contribution in [0.1, 0.15) is 38.1 Å². The average molecular weight is 412 g/mol. The molecule has 0 bridgehead atoms. The molecule has 0 amide bonds. The van der Waals surface area contributed by atoms with Gasteiger partial charge in [-0.2, -0.15) is 0 Å². The van der Waals surface area contributed by atoms with Crippen LogP contribution in [0.15, 0.2) is 30.9 Å². The largest absolute Gasteiger partial charge is 0.413 e. The molecular weight excluding hydrogens is 382 g/mol. The van der Waals surface area contributed by atoms with Gasteiger partial charge in [0.2, 0.25) is 0 Å². The van der Waals surface area contributed by atoms with Gasteiger partial charge in [0.1, 0.15) is 11.9 Å². The van der Waals surface area contributed by atoms with Crippen LogP contribution in [0, 0.1) is 0 Å². The van der Waals surface area contributed by atoms with E-state index in [2.05, 4.69) is 49.1 Å². The Bertz CT molecular complexity index is 679. The van der Waals surface area contributed by atoms with E-state index in [0.29, 0.717) is 18.5 Å². The Hall–Kier alpha value is -1.12. The van der Waals surface area contributed by atoms with Crippen molar-refractivity contribution in [3.05, 3.63) is 36.4 Å². The molecule has 0 saturated carbocycles. The summed E-state index contributed by atoms with van der Waals surface area (Å²) in [6.45, 7) is 11.3. The molecule has 8 heteroatoms. The highest BCUT2D eigenvalue weighted by molar-refractivity contribution is 6.74. The summed E-state index contributed by atoms with van der Waals surface area (Å²) in [5.41, 5.74) is -0.351. The molecule has 0 aromatic carbocycles. The lowest BCUT2D eigenvalue weighted by Gasteiger charge is -2.39. The van der Waals surface area contributed by atoms with Crippen molar-refractivity contribution in [2.45, 2.75) is 62.3 Å². The first-order valence-corrected chi connectivity index (χ1v) is 12.5. The van der Waals surface area contributed by atoms with Gasteiger partial charge in [-0.15, -0.1) is 11.6 Å². The average Bonchev–Trinajstić information content (AvgIpc) is 3.03.